The van der Waals surface area contributed by atoms with E-state index in [-0.39, 0.29) is 5.75 Å². The van der Waals surface area contributed by atoms with Crippen LogP contribution in [0.15, 0.2) is 30.5 Å². The summed E-state index contributed by atoms with van der Waals surface area (Å²) in [5.41, 5.74) is 2.93. The predicted molar refractivity (Wildman–Crippen MR) is 67.0 cm³/mol. The number of hydrogen-bond donors (Lipinski definition) is 2. The summed E-state index contributed by atoms with van der Waals surface area (Å²) in [6, 6.07) is 5.79. The van der Waals surface area contributed by atoms with Gasteiger partial charge < -0.3 is 10.1 Å². The summed E-state index contributed by atoms with van der Waals surface area (Å²) in [5, 5.41) is 9.93. The topological polar surface area (TPSA) is 49.9 Å². The van der Waals surface area contributed by atoms with Crippen molar-refractivity contribution in [3.8, 4) is 5.75 Å². The number of aryl methyl sites for hydroxylation is 1. The van der Waals surface area contributed by atoms with E-state index in [0.717, 1.165) is 16.8 Å². The molecule has 0 atom stereocenters. The molecule has 108 valence electrons. The third kappa shape index (κ3) is 4.27. The van der Waals surface area contributed by atoms with E-state index in [2.05, 4.69) is 20.3 Å². The third-order valence-electron chi connectivity index (χ3n) is 2.74. The van der Waals surface area contributed by atoms with Gasteiger partial charge in [-0.2, -0.15) is 5.10 Å². The van der Waals surface area contributed by atoms with Gasteiger partial charge in [-0.3, -0.25) is 5.10 Å². The molecule has 0 unspecified atom stereocenters. The number of aromatic nitrogens is 2. The summed E-state index contributed by atoms with van der Waals surface area (Å²) in [7, 11) is 0. The van der Waals surface area contributed by atoms with E-state index in [9.17, 15) is 13.2 Å². The fourth-order valence-corrected chi connectivity index (χ4v) is 1.70. The zero-order valence-electron chi connectivity index (χ0n) is 10.8. The molecule has 1 heterocycles. The summed E-state index contributed by atoms with van der Waals surface area (Å²) in [6.45, 7) is 3.12. The molecule has 0 aliphatic carbocycles. The first-order valence-electron chi connectivity index (χ1n) is 5.98. The fraction of sp³-hybridized carbons (Fsp3) is 0.308. The molecule has 1 aromatic heterocycles. The number of H-pyrrole nitrogens is 1. The second-order valence-electron chi connectivity index (χ2n) is 4.32. The van der Waals surface area contributed by atoms with Crippen LogP contribution >= 0.6 is 0 Å². The zero-order valence-corrected chi connectivity index (χ0v) is 10.8. The van der Waals surface area contributed by atoms with Crippen molar-refractivity contribution >= 4 is 0 Å². The Morgan fingerprint density at radius 3 is 2.45 bits per heavy atom. The Hall–Kier alpha value is -2.02. The van der Waals surface area contributed by atoms with E-state index in [0.29, 0.717) is 13.1 Å². The minimum atomic E-state index is -4.65. The molecule has 0 radical (unpaired) electrons. The minimum absolute atomic E-state index is 0.216. The molecule has 7 heteroatoms. The number of nitrogens with zero attached hydrogens (tertiary/aromatic N) is 1. The molecule has 0 spiro atoms. The molecule has 0 fully saturated rings. The number of hydrogen-bond acceptors (Lipinski definition) is 3. The van der Waals surface area contributed by atoms with Gasteiger partial charge in [-0.25, -0.2) is 0 Å². The molecule has 2 aromatic rings. The standard InChI is InChI=1S/C13H14F3N3O/c1-9-11(8-18-19-9)7-17-6-10-2-4-12(5-3-10)20-13(14,15)16/h2-5,8,17H,6-7H2,1H3,(H,18,19). The molecule has 0 aliphatic rings. The van der Waals surface area contributed by atoms with Crippen LogP contribution in [0.25, 0.3) is 0 Å². The highest BCUT2D eigenvalue weighted by Gasteiger charge is 2.30. The average molecular weight is 285 g/mol. The monoisotopic (exact) mass is 285 g/mol. The van der Waals surface area contributed by atoms with E-state index in [1.165, 1.54) is 12.1 Å². The largest absolute Gasteiger partial charge is 0.573 e. The Morgan fingerprint density at radius 1 is 1.20 bits per heavy atom. The van der Waals surface area contributed by atoms with Gasteiger partial charge in [-0.1, -0.05) is 12.1 Å². The van der Waals surface area contributed by atoms with Crippen LogP contribution in [-0.2, 0) is 13.1 Å². The number of nitrogens with one attached hydrogen (secondary N) is 2. The fourth-order valence-electron chi connectivity index (χ4n) is 1.70. The number of halogens is 3. The minimum Gasteiger partial charge on any atom is -0.406 e. The molecule has 20 heavy (non-hydrogen) atoms. The Labute approximate surface area is 114 Å². The van der Waals surface area contributed by atoms with E-state index >= 15 is 0 Å². The Morgan fingerprint density at radius 2 is 1.90 bits per heavy atom. The molecular weight excluding hydrogens is 271 g/mol. The smallest absolute Gasteiger partial charge is 0.406 e. The van der Waals surface area contributed by atoms with Crippen molar-refractivity contribution < 1.29 is 17.9 Å². The highest BCUT2D eigenvalue weighted by Crippen LogP contribution is 2.22. The van der Waals surface area contributed by atoms with Gasteiger partial charge >= 0.3 is 6.36 Å². The number of alkyl halides is 3. The van der Waals surface area contributed by atoms with Crippen molar-refractivity contribution in [1.29, 1.82) is 0 Å². The van der Waals surface area contributed by atoms with Crippen LogP contribution in [0.5, 0.6) is 5.75 Å². The first kappa shape index (κ1) is 14.4. The molecule has 0 saturated carbocycles. The molecule has 0 aliphatic heterocycles. The number of benzene rings is 1. The lowest BCUT2D eigenvalue weighted by Crippen LogP contribution is -2.17. The quantitative estimate of drug-likeness (QED) is 0.888. The summed E-state index contributed by atoms with van der Waals surface area (Å²) < 4.78 is 39.8. The van der Waals surface area contributed by atoms with Gasteiger partial charge in [0, 0.05) is 24.3 Å². The molecule has 2 N–H and O–H groups in total. The summed E-state index contributed by atoms with van der Waals surface area (Å²) in [4.78, 5) is 0. The van der Waals surface area contributed by atoms with Crippen LogP contribution in [0.4, 0.5) is 13.2 Å². The number of rotatable bonds is 5. The highest BCUT2D eigenvalue weighted by molar-refractivity contribution is 5.27. The second-order valence-corrected chi connectivity index (χ2v) is 4.32. The highest BCUT2D eigenvalue weighted by atomic mass is 19.4. The van der Waals surface area contributed by atoms with E-state index in [1.807, 2.05) is 6.92 Å². The van der Waals surface area contributed by atoms with Crippen LogP contribution < -0.4 is 10.1 Å². The van der Waals surface area contributed by atoms with Crippen molar-refractivity contribution in [2.75, 3.05) is 0 Å². The van der Waals surface area contributed by atoms with E-state index in [1.54, 1.807) is 18.3 Å². The van der Waals surface area contributed by atoms with Crippen molar-refractivity contribution in [3.63, 3.8) is 0 Å². The lowest BCUT2D eigenvalue weighted by Gasteiger charge is -2.09. The van der Waals surface area contributed by atoms with Crippen molar-refractivity contribution in [2.24, 2.45) is 0 Å². The van der Waals surface area contributed by atoms with Gasteiger partial charge in [0.05, 0.1) is 6.20 Å². The maximum atomic E-state index is 12.0. The average Bonchev–Trinajstić information content (AvgIpc) is 2.76. The normalized spacial score (nSPS) is 11.6. The first-order valence-corrected chi connectivity index (χ1v) is 5.98. The SMILES string of the molecule is Cc1[nH]ncc1CNCc1ccc(OC(F)(F)F)cc1. The lowest BCUT2D eigenvalue weighted by molar-refractivity contribution is -0.274. The predicted octanol–water partition coefficient (Wildman–Crippen LogP) is 2.91. The molecule has 0 saturated heterocycles. The lowest BCUT2D eigenvalue weighted by atomic mass is 10.2. The first-order chi connectivity index (χ1) is 9.44. The van der Waals surface area contributed by atoms with Gasteiger partial charge in [0.2, 0.25) is 0 Å². The molecular formula is C13H14F3N3O. The maximum Gasteiger partial charge on any atom is 0.573 e. The Balaban J connectivity index is 1.83. The zero-order chi connectivity index (χ0) is 14.6. The Bertz CT molecular complexity index is 549. The van der Waals surface area contributed by atoms with Crippen LogP contribution in [0.3, 0.4) is 0 Å². The van der Waals surface area contributed by atoms with Crippen LogP contribution in [0.1, 0.15) is 16.8 Å². The Kier molecular flexibility index (Phi) is 4.29. The second kappa shape index (κ2) is 5.96. The molecule has 1 aromatic carbocycles. The summed E-state index contributed by atoms with van der Waals surface area (Å²) in [5.74, 6) is -0.216. The van der Waals surface area contributed by atoms with Crippen LogP contribution in [0.2, 0.25) is 0 Å². The molecule has 0 amide bonds. The van der Waals surface area contributed by atoms with Crippen LogP contribution in [0, 0.1) is 6.92 Å². The van der Waals surface area contributed by atoms with E-state index < -0.39 is 6.36 Å². The van der Waals surface area contributed by atoms with Gasteiger partial charge in [0.1, 0.15) is 5.75 Å². The van der Waals surface area contributed by atoms with Gasteiger partial charge in [-0.05, 0) is 24.6 Å². The van der Waals surface area contributed by atoms with Crippen molar-refractivity contribution in [2.45, 2.75) is 26.4 Å². The van der Waals surface area contributed by atoms with Gasteiger partial charge in [-0.15, -0.1) is 13.2 Å². The van der Waals surface area contributed by atoms with Gasteiger partial charge in [0.25, 0.3) is 0 Å². The van der Waals surface area contributed by atoms with E-state index in [4.69, 9.17) is 0 Å². The van der Waals surface area contributed by atoms with Crippen molar-refractivity contribution in [3.05, 3.63) is 47.3 Å². The van der Waals surface area contributed by atoms with Crippen molar-refractivity contribution in [1.82, 2.24) is 15.5 Å². The third-order valence-corrected chi connectivity index (χ3v) is 2.74. The van der Waals surface area contributed by atoms with Gasteiger partial charge in [0.15, 0.2) is 0 Å². The molecule has 0 bridgehead atoms. The van der Waals surface area contributed by atoms with Crippen LogP contribution in [-0.4, -0.2) is 16.6 Å². The number of ether oxygens (including phenoxy) is 1. The molecule has 2 rings (SSSR count). The summed E-state index contributed by atoms with van der Waals surface area (Å²) in [6.07, 6.45) is -2.92. The molecule has 4 nitrogen and oxygen atoms in total. The number of aromatic amines is 1. The summed E-state index contributed by atoms with van der Waals surface area (Å²) >= 11 is 0. The maximum absolute atomic E-state index is 12.0.